The molecule has 2 rings (SSSR count). The third kappa shape index (κ3) is 10.8. The van der Waals surface area contributed by atoms with Crippen LogP contribution in [0.5, 0.6) is 0 Å². The predicted molar refractivity (Wildman–Crippen MR) is 138 cm³/mol. The number of imidazole rings is 2. The highest BCUT2D eigenvalue weighted by Crippen LogP contribution is 2.05. The van der Waals surface area contributed by atoms with Gasteiger partial charge in [0.25, 0.3) is 0 Å². The van der Waals surface area contributed by atoms with E-state index in [0.717, 1.165) is 0 Å². The summed E-state index contributed by atoms with van der Waals surface area (Å²) in [6, 6.07) is -5.43. The maximum atomic E-state index is 13.2. The summed E-state index contributed by atoms with van der Waals surface area (Å²) in [6.45, 7) is 0.241. The molecular formula is C22H33N11O7. The number of H-pyrrole nitrogens is 2. The van der Waals surface area contributed by atoms with Gasteiger partial charge in [0.2, 0.25) is 17.7 Å². The zero-order valence-electron chi connectivity index (χ0n) is 21.4. The van der Waals surface area contributed by atoms with Gasteiger partial charge in [-0.15, -0.1) is 0 Å². The van der Waals surface area contributed by atoms with Crippen LogP contribution in [0, 0.1) is 0 Å². The molecule has 0 aliphatic carbocycles. The third-order valence-electron chi connectivity index (χ3n) is 5.52. The van der Waals surface area contributed by atoms with Crippen molar-refractivity contribution in [1.29, 1.82) is 0 Å². The average Bonchev–Trinajstić information content (AvgIpc) is 3.59. The fourth-order valence-corrected chi connectivity index (χ4v) is 3.50. The molecule has 18 heteroatoms. The Balaban J connectivity index is 2.13. The first-order chi connectivity index (χ1) is 19.0. The van der Waals surface area contributed by atoms with Crippen LogP contribution in [0.25, 0.3) is 0 Å². The minimum Gasteiger partial charge on any atom is -0.481 e. The van der Waals surface area contributed by atoms with Crippen LogP contribution in [0.4, 0.5) is 0 Å². The Morgan fingerprint density at radius 3 is 1.88 bits per heavy atom. The number of hydrogen-bond donors (Lipinski definition) is 10. The van der Waals surface area contributed by atoms with Gasteiger partial charge in [0, 0.05) is 43.2 Å². The third-order valence-corrected chi connectivity index (χ3v) is 5.52. The first-order valence-electron chi connectivity index (χ1n) is 12.1. The van der Waals surface area contributed by atoms with Crippen LogP contribution in [0.2, 0.25) is 0 Å². The molecule has 2 heterocycles. The number of aliphatic imine (C=N–C) groups is 1. The van der Waals surface area contributed by atoms with Crippen molar-refractivity contribution >= 4 is 35.6 Å². The Hall–Kier alpha value is -5.00. The van der Waals surface area contributed by atoms with Gasteiger partial charge in [-0.1, -0.05) is 0 Å². The van der Waals surface area contributed by atoms with Crippen LogP contribution in [-0.4, -0.2) is 96.5 Å². The standard InChI is InChI=1S/C22H33N11O7/c23-13(2-1-3-28-22(24)25)18(36)31-14(4-11-7-26-9-29-11)19(37)32-15(6-17(34)35)20(38)33-16(21(39)40)5-12-8-27-10-30-12/h7-10,13-16H,1-6,23H2,(H,26,29)(H,27,30)(H,31,36)(H,32,37)(H,33,38)(H,34,35)(H,39,40)(H4,24,25,28). The van der Waals surface area contributed by atoms with Gasteiger partial charge in [0.1, 0.15) is 18.1 Å². The minimum atomic E-state index is -1.66. The van der Waals surface area contributed by atoms with Crippen molar-refractivity contribution in [2.75, 3.05) is 6.54 Å². The van der Waals surface area contributed by atoms with Crippen molar-refractivity contribution < 1.29 is 34.2 Å². The molecule has 218 valence electrons. The number of carboxylic acid groups (broad SMARTS) is 2. The molecule has 0 bridgehead atoms. The molecule has 0 fully saturated rings. The van der Waals surface area contributed by atoms with E-state index in [-0.39, 0.29) is 31.8 Å². The molecule has 3 amide bonds. The number of nitrogens with two attached hydrogens (primary N) is 3. The van der Waals surface area contributed by atoms with Crippen LogP contribution in [0.1, 0.15) is 30.7 Å². The normalized spacial score (nSPS) is 13.7. The summed E-state index contributed by atoms with van der Waals surface area (Å²) in [5, 5.41) is 25.8. The van der Waals surface area contributed by atoms with Crippen molar-refractivity contribution in [2.24, 2.45) is 22.2 Å². The molecule has 18 nitrogen and oxygen atoms in total. The molecule has 4 atom stereocenters. The second-order valence-corrected chi connectivity index (χ2v) is 8.74. The van der Waals surface area contributed by atoms with Gasteiger partial charge in [0.05, 0.1) is 25.1 Å². The highest BCUT2D eigenvalue weighted by Gasteiger charge is 2.32. The van der Waals surface area contributed by atoms with E-state index in [1.807, 2.05) is 0 Å². The summed E-state index contributed by atoms with van der Waals surface area (Å²) in [6.07, 6.45) is 4.91. The molecule has 0 saturated heterocycles. The molecule has 0 aliphatic heterocycles. The lowest BCUT2D eigenvalue weighted by Crippen LogP contribution is -2.58. The summed E-state index contributed by atoms with van der Waals surface area (Å²) in [4.78, 5) is 78.9. The summed E-state index contributed by atoms with van der Waals surface area (Å²) >= 11 is 0. The Morgan fingerprint density at radius 1 is 0.850 bits per heavy atom. The quantitative estimate of drug-likeness (QED) is 0.0505. The Kier molecular flexibility index (Phi) is 12.0. The number of rotatable bonds is 17. The predicted octanol–water partition coefficient (Wildman–Crippen LogP) is -3.69. The molecule has 0 aromatic carbocycles. The van der Waals surface area contributed by atoms with Gasteiger partial charge in [-0.3, -0.25) is 24.2 Å². The van der Waals surface area contributed by atoms with Gasteiger partial charge >= 0.3 is 11.9 Å². The minimum absolute atomic E-state index is 0.0999. The lowest BCUT2D eigenvalue weighted by atomic mass is 10.1. The SMILES string of the molecule is NC(N)=NCCCC(N)C(=O)NC(Cc1cnc[nH]1)C(=O)NC(CC(=O)O)C(=O)NC(Cc1cnc[nH]1)C(=O)O. The molecular weight excluding hydrogens is 530 g/mol. The fourth-order valence-electron chi connectivity index (χ4n) is 3.50. The second kappa shape index (κ2) is 15.4. The van der Waals surface area contributed by atoms with Gasteiger partial charge in [-0.25, -0.2) is 14.8 Å². The van der Waals surface area contributed by atoms with Crippen LogP contribution in [0.3, 0.4) is 0 Å². The van der Waals surface area contributed by atoms with Crippen LogP contribution >= 0.6 is 0 Å². The van der Waals surface area contributed by atoms with Gasteiger partial charge in [0.15, 0.2) is 5.96 Å². The lowest BCUT2D eigenvalue weighted by Gasteiger charge is -2.24. The zero-order valence-corrected chi connectivity index (χ0v) is 21.4. The second-order valence-electron chi connectivity index (χ2n) is 8.74. The number of aromatic nitrogens is 4. The number of hydrogen-bond acceptors (Lipinski definition) is 9. The Labute approximate surface area is 227 Å². The van der Waals surface area contributed by atoms with E-state index in [1.165, 1.54) is 25.0 Å². The van der Waals surface area contributed by atoms with Crippen LogP contribution < -0.4 is 33.2 Å². The van der Waals surface area contributed by atoms with Crippen molar-refractivity contribution in [3.05, 3.63) is 36.4 Å². The van der Waals surface area contributed by atoms with Crippen molar-refractivity contribution in [2.45, 2.75) is 56.3 Å². The smallest absolute Gasteiger partial charge is 0.326 e. The maximum Gasteiger partial charge on any atom is 0.326 e. The number of carbonyl (C=O) groups excluding carboxylic acids is 3. The van der Waals surface area contributed by atoms with Gasteiger partial charge in [-0.2, -0.15) is 0 Å². The summed E-state index contributed by atoms with van der Waals surface area (Å²) in [7, 11) is 0. The van der Waals surface area contributed by atoms with Crippen LogP contribution in [-0.2, 0) is 36.8 Å². The number of nitrogens with zero attached hydrogens (tertiary/aromatic N) is 3. The summed E-state index contributed by atoms with van der Waals surface area (Å²) in [5.41, 5.74) is 17.3. The molecule has 4 unspecified atom stereocenters. The first-order valence-corrected chi connectivity index (χ1v) is 12.1. The number of aliphatic carboxylic acids is 2. The van der Waals surface area contributed by atoms with E-state index in [9.17, 15) is 34.2 Å². The molecule has 0 saturated carbocycles. The molecule has 40 heavy (non-hydrogen) atoms. The zero-order chi connectivity index (χ0) is 29.7. The number of carbonyl (C=O) groups is 5. The monoisotopic (exact) mass is 563 g/mol. The highest BCUT2D eigenvalue weighted by atomic mass is 16.4. The Morgan fingerprint density at radius 2 is 1.38 bits per heavy atom. The number of amides is 3. The first kappa shape index (κ1) is 31.2. The van der Waals surface area contributed by atoms with Gasteiger partial charge in [-0.05, 0) is 12.8 Å². The largest absolute Gasteiger partial charge is 0.481 e. The Bertz CT molecular complexity index is 1160. The van der Waals surface area contributed by atoms with E-state index in [2.05, 4.69) is 40.9 Å². The number of carboxylic acids is 2. The lowest BCUT2D eigenvalue weighted by molar-refractivity contribution is -0.143. The number of guanidine groups is 1. The highest BCUT2D eigenvalue weighted by molar-refractivity contribution is 5.95. The molecule has 2 aromatic heterocycles. The van der Waals surface area contributed by atoms with E-state index in [4.69, 9.17) is 17.2 Å². The molecule has 13 N–H and O–H groups in total. The maximum absolute atomic E-state index is 13.2. The van der Waals surface area contributed by atoms with E-state index < -0.39 is 60.2 Å². The summed E-state index contributed by atoms with van der Waals surface area (Å²) < 4.78 is 0. The number of nitrogens with one attached hydrogen (secondary N) is 5. The molecule has 0 spiro atoms. The van der Waals surface area contributed by atoms with Crippen molar-refractivity contribution in [3.8, 4) is 0 Å². The summed E-state index contributed by atoms with van der Waals surface area (Å²) in [5.74, 6) is -5.57. The molecule has 2 aromatic rings. The van der Waals surface area contributed by atoms with Gasteiger partial charge < -0.3 is 53.3 Å². The fraction of sp³-hybridized carbons (Fsp3) is 0.455. The molecule has 0 radical (unpaired) electrons. The number of aromatic amines is 2. The molecule has 0 aliphatic rings. The van der Waals surface area contributed by atoms with E-state index in [0.29, 0.717) is 17.8 Å². The average molecular weight is 564 g/mol. The van der Waals surface area contributed by atoms with Crippen molar-refractivity contribution in [3.63, 3.8) is 0 Å². The van der Waals surface area contributed by atoms with E-state index in [1.54, 1.807) is 0 Å². The van der Waals surface area contributed by atoms with Crippen LogP contribution in [0.15, 0.2) is 30.0 Å². The topological polar surface area (TPSA) is 310 Å². The van der Waals surface area contributed by atoms with Crippen molar-refractivity contribution in [1.82, 2.24) is 35.9 Å². The van der Waals surface area contributed by atoms with E-state index >= 15 is 0 Å².